The van der Waals surface area contributed by atoms with Crippen LogP contribution in [0.3, 0.4) is 0 Å². The van der Waals surface area contributed by atoms with Crippen molar-refractivity contribution in [2.45, 2.75) is 13.8 Å². The zero-order valence-electron chi connectivity index (χ0n) is 8.79. The van der Waals surface area contributed by atoms with Gasteiger partial charge in [-0.2, -0.15) is 0 Å². The van der Waals surface area contributed by atoms with E-state index in [0.717, 1.165) is 11.9 Å². The van der Waals surface area contributed by atoms with Gasteiger partial charge in [0.2, 0.25) is 0 Å². The number of hydrogen-bond acceptors (Lipinski definition) is 2. The molecule has 3 heteroatoms. The molecule has 0 atom stereocenters. The molecular weight excluding hydrogens is 190 g/mol. The van der Waals surface area contributed by atoms with Crippen LogP contribution >= 0.6 is 0 Å². The van der Waals surface area contributed by atoms with E-state index in [0.29, 0.717) is 0 Å². The minimum absolute atomic E-state index is 0.204. The monoisotopic (exact) mass is 207 g/mol. The summed E-state index contributed by atoms with van der Waals surface area (Å²) in [5, 5.41) is 1.49. The maximum absolute atomic E-state index is 5.36. The predicted molar refractivity (Wildman–Crippen MR) is 64.0 cm³/mol. The normalized spacial score (nSPS) is 12.3. The molecule has 0 spiro atoms. The van der Waals surface area contributed by atoms with E-state index >= 15 is 0 Å². The number of hydrogen-bond donors (Lipinski definition) is 1. The summed E-state index contributed by atoms with van der Waals surface area (Å²) in [6.45, 7) is 4.24. The number of para-hydroxylation sites is 1. The van der Waals surface area contributed by atoms with Crippen LogP contribution in [0.4, 0.5) is 5.69 Å². The standard InChI is InChI=1S/C11H17NOSi/c1-3-10(2)14-9-13-12-11-7-5-4-6-8-11/h3-8,12H,9,14H2,1-2H3. The second kappa shape index (κ2) is 6.40. The molecule has 1 rings (SSSR count). The van der Waals surface area contributed by atoms with E-state index in [1.165, 1.54) is 5.20 Å². The van der Waals surface area contributed by atoms with Gasteiger partial charge in [-0.05, 0) is 26.0 Å². The maximum Gasteiger partial charge on any atom is 0.0824 e. The van der Waals surface area contributed by atoms with Gasteiger partial charge in [-0.25, -0.2) is 0 Å². The Morgan fingerprint density at radius 2 is 2.14 bits per heavy atom. The molecule has 0 aliphatic rings. The summed E-state index contributed by atoms with van der Waals surface area (Å²) >= 11 is 0. The first-order valence-electron chi connectivity index (χ1n) is 4.87. The maximum atomic E-state index is 5.36. The Morgan fingerprint density at radius 3 is 2.79 bits per heavy atom. The zero-order valence-corrected chi connectivity index (χ0v) is 10.2. The number of benzene rings is 1. The van der Waals surface area contributed by atoms with Crippen LogP contribution in [0.5, 0.6) is 0 Å². The average molecular weight is 207 g/mol. The van der Waals surface area contributed by atoms with Crippen molar-refractivity contribution in [3.63, 3.8) is 0 Å². The highest BCUT2D eigenvalue weighted by molar-refractivity contribution is 6.44. The number of allylic oxidation sites excluding steroid dienone is 2. The van der Waals surface area contributed by atoms with Gasteiger partial charge in [0.15, 0.2) is 0 Å². The van der Waals surface area contributed by atoms with Crippen LogP contribution < -0.4 is 5.48 Å². The van der Waals surface area contributed by atoms with Gasteiger partial charge in [-0.1, -0.05) is 29.5 Å². The van der Waals surface area contributed by atoms with Gasteiger partial charge in [0.05, 0.1) is 21.4 Å². The molecule has 1 aromatic rings. The first kappa shape index (κ1) is 11.0. The molecule has 2 nitrogen and oxygen atoms in total. The molecule has 1 N–H and O–H groups in total. The summed E-state index contributed by atoms with van der Waals surface area (Å²) in [5.41, 5.74) is 3.95. The van der Waals surface area contributed by atoms with Gasteiger partial charge in [0.25, 0.3) is 0 Å². The lowest BCUT2D eigenvalue weighted by Gasteiger charge is -2.06. The van der Waals surface area contributed by atoms with Crippen molar-refractivity contribution in [2.75, 3.05) is 11.7 Å². The quantitative estimate of drug-likeness (QED) is 0.453. The summed E-state index contributed by atoms with van der Waals surface area (Å²) in [6, 6.07) is 9.94. The Bertz CT molecular complexity index is 285. The van der Waals surface area contributed by atoms with Gasteiger partial charge >= 0.3 is 0 Å². The average Bonchev–Trinajstić information content (AvgIpc) is 2.25. The van der Waals surface area contributed by atoms with E-state index in [-0.39, 0.29) is 9.52 Å². The summed E-state index contributed by atoms with van der Waals surface area (Å²) < 4.78 is 0. The highest BCUT2D eigenvalue weighted by atomic mass is 28.2. The Morgan fingerprint density at radius 1 is 1.43 bits per heavy atom. The lowest BCUT2D eigenvalue weighted by molar-refractivity contribution is 0.246. The SMILES string of the molecule is CC=C(C)[SiH2]CONc1ccccc1. The van der Waals surface area contributed by atoms with E-state index in [9.17, 15) is 0 Å². The summed E-state index contributed by atoms with van der Waals surface area (Å²) in [6.07, 6.45) is 3.00. The van der Waals surface area contributed by atoms with Crippen LogP contribution in [-0.4, -0.2) is 15.7 Å². The fraction of sp³-hybridized carbons (Fsp3) is 0.273. The highest BCUT2D eigenvalue weighted by Crippen LogP contribution is 2.04. The van der Waals surface area contributed by atoms with Gasteiger partial charge in [0.1, 0.15) is 0 Å². The molecule has 0 saturated heterocycles. The summed E-state index contributed by atoms with van der Waals surface area (Å²) in [4.78, 5) is 5.36. The first-order valence-corrected chi connectivity index (χ1v) is 6.58. The van der Waals surface area contributed by atoms with Crippen LogP contribution in [0.1, 0.15) is 13.8 Å². The Kier molecular flexibility index (Phi) is 5.03. The van der Waals surface area contributed by atoms with E-state index in [1.54, 1.807) is 0 Å². The van der Waals surface area contributed by atoms with Gasteiger partial charge < -0.3 is 0 Å². The van der Waals surface area contributed by atoms with Crippen molar-refractivity contribution in [1.29, 1.82) is 0 Å². The molecule has 0 amide bonds. The fourth-order valence-electron chi connectivity index (χ4n) is 0.997. The Balaban J connectivity index is 2.17. The van der Waals surface area contributed by atoms with Crippen molar-refractivity contribution in [1.82, 2.24) is 0 Å². The van der Waals surface area contributed by atoms with Gasteiger partial charge in [0, 0.05) is 0 Å². The molecule has 0 fully saturated rings. The van der Waals surface area contributed by atoms with Crippen LogP contribution in [0, 0.1) is 0 Å². The molecule has 0 aromatic heterocycles. The second-order valence-electron chi connectivity index (χ2n) is 3.20. The van der Waals surface area contributed by atoms with Gasteiger partial charge in [-0.15, -0.1) is 0 Å². The predicted octanol–water partition coefficient (Wildman–Crippen LogP) is 2.08. The van der Waals surface area contributed by atoms with Crippen LogP contribution in [-0.2, 0) is 4.84 Å². The second-order valence-corrected chi connectivity index (χ2v) is 5.23. The Labute approximate surface area is 87.8 Å². The number of rotatable bonds is 5. The minimum Gasteiger partial charge on any atom is -0.280 e. The molecular formula is C11H17NOSi. The molecule has 1 aromatic carbocycles. The van der Waals surface area contributed by atoms with E-state index in [2.05, 4.69) is 25.4 Å². The third-order valence-electron chi connectivity index (χ3n) is 2.06. The van der Waals surface area contributed by atoms with Crippen LogP contribution in [0.2, 0.25) is 0 Å². The van der Waals surface area contributed by atoms with Crippen molar-refractivity contribution in [3.8, 4) is 0 Å². The van der Waals surface area contributed by atoms with Crippen LogP contribution in [0.25, 0.3) is 0 Å². The molecule has 0 radical (unpaired) electrons. The molecule has 76 valence electrons. The lowest BCUT2D eigenvalue weighted by atomic mass is 10.3. The van der Waals surface area contributed by atoms with E-state index in [1.807, 2.05) is 30.3 Å². The zero-order chi connectivity index (χ0) is 10.2. The van der Waals surface area contributed by atoms with Crippen LogP contribution in [0.15, 0.2) is 41.6 Å². The fourth-order valence-corrected chi connectivity index (χ4v) is 1.81. The number of anilines is 1. The summed E-state index contributed by atoms with van der Waals surface area (Å²) in [5.74, 6) is 0. The topological polar surface area (TPSA) is 21.3 Å². The van der Waals surface area contributed by atoms with Crippen molar-refractivity contribution < 1.29 is 4.84 Å². The van der Waals surface area contributed by atoms with Crippen molar-refractivity contribution in [3.05, 3.63) is 41.6 Å². The molecule has 0 aliphatic heterocycles. The summed E-state index contributed by atoms with van der Waals surface area (Å²) in [7, 11) is -0.204. The molecule has 0 saturated carbocycles. The van der Waals surface area contributed by atoms with Crippen molar-refractivity contribution in [2.24, 2.45) is 0 Å². The first-order chi connectivity index (χ1) is 6.83. The highest BCUT2D eigenvalue weighted by Gasteiger charge is 1.91. The Hall–Kier alpha value is -1.06. The smallest absolute Gasteiger partial charge is 0.0824 e. The van der Waals surface area contributed by atoms with E-state index < -0.39 is 0 Å². The molecule has 14 heavy (non-hydrogen) atoms. The molecule has 0 heterocycles. The third-order valence-corrected chi connectivity index (χ3v) is 3.66. The molecule has 0 unspecified atom stereocenters. The van der Waals surface area contributed by atoms with Crippen molar-refractivity contribution >= 4 is 15.2 Å². The minimum atomic E-state index is -0.204. The van der Waals surface area contributed by atoms with Gasteiger partial charge in [-0.3, -0.25) is 10.3 Å². The lowest BCUT2D eigenvalue weighted by Crippen LogP contribution is -2.09. The molecule has 0 bridgehead atoms. The molecule has 0 aliphatic carbocycles. The third kappa shape index (κ3) is 4.25. The number of nitrogens with one attached hydrogen (secondary N) is 1. The van der Waals surface area contributed by atoms with E-state index in [4.69, 9.17) is 4.84 Å². The largest absolute Gasteiger partial charge is 0.280 e.